The molecule has 0 radical (unpaired) electrons. The number of nitrogens with zero attached hydrogens (tertiary/aromatic N) is 3. The number of carbonyl (C=O) groups excluding carboxylic acids is 2. The average molecular weight is 340 g/mol. The van der Waals surface area contributed by atoms with Crippen molar-refractivity contribution >= 4 is 31.5 Å². The van der Waals surface area contributed by atoms with Gasteiger partial charge in [-0.2, -0.15) is 5.10 Å². The molecule has 0 saturated heterocycles. The molecule has 0 saturated carbocycles. The summed E-state index contributed by atoms with van der Waals surface area (Å²) < 4.78 is 24.4. The average Bonchev–Trinajstić information content (AvgIpc) is 2.93. The fraction of sp³-hybridized carbons (Fsp3) is 0.154. The molecule has 0 spiro atoms. The van der Waals surface area contributed by atoms with E-state index in [0.717, 1.165) is 4.90 Å². The van der Waals surface area contributed by atoms with Gasteiger partial charge in [-0.3, -0.25) is 19.2 Å². The van der Waals surface area contributed by atoms with E-state index in [2.05, 4.69) is 5.10 Å². The van der Waals surface area contributed by atoms with Gasteiger partial charge in [0.25, 0.3) is 20.9 Å². The highest BCUT2D eigenvalue weighted by Crippen LogP contribution is 2.26. The summed E-state index contributed by atoms with van der Waals surface area (Å²) in [5.74, 6) is -0.964. The summed E-state index contributed by atoms with van der Waals surface area (Å²) in [5, 5.41) is 3.98. The molecule has 0 aliphatic carbocycles. The number of benzene rings is 1. The maximum Gasteiger partial charge on any atom is 0.264 e. The minimum absolute atomic E-state index is 0.0482. The highest BCUT2D eigenvalue weighted by molar-refractivity contribution is 8.13. The second-order valence-electron chi connectivity index (χ2n) is 4.79. The molecule has 114 valence electrons. The lowest BCUT2D eigenvalue weighted by molar-refractivity contribution is 0.0639. The Hall–Kier alpha value is -2.19. The van der Waals surface area contributed by atoms with Crippen LogP contribution in [0.15, 0.2) is 35.4 Å². The van der Waals surface area contributed by atoms with Crippen molar-refractivity contribution in [1.29, 1.82) is 0 Å². The van der Waals surface area contributed by atoms with Crippen LogP contribution in [0, 0.1) is 0 Å². The van der Waals surface area contributed by atoms with E-state index in [9.17, 15) is 18.0 Å². The van der Waals surface area contributed by atoms with Gasteiger partial charge in [-0.1, -0.05) is 12.1 Å². The maximum absolute atomic E-state index is 12.3. The molecule has 2 heterocycles. The summed E-state index contributed by atoms with van der Waals surface area (Å²) in [6.45, 7) is -0.255. The quantitative estimate of drug-likeness (QED) is 0.618. The van der Waals surface area contributed by atoms with Gasteiger partial charge < -0.3 is 0 Å². The van der Waals surface area contributed by atoms with Gasteiger partial charge in [0, 0.05) is 23.9 Å². The molecule has 7 nitrogen and oxygen atoms in total. The van der Waals surface area contributed by atoms with Crippen LogP contribution in [0.5, 0.6) is 0 Å². The molecule has 22 heavy (non-hydrogen) atoms. The molecule has 2 amide bonds. The number of hydrogen-bond acceptors (Lipinski definition) is 5. The fourth-order valence-corrected chi connectivity index (χ4v) is 3.41. The molecule has 9 heteroatoms. The van der Waals surface area contributed by atoms with E-state index in [4.69, 9.17) is 10.7 Å². The Morgan fingerprint density at radius 2 is 1.68 bits per heavy atom. The second kappa shape index (κ2) is 4.92. The zero-order chi connectivity index (χ0) is 16.1. The first-order valence-electron chi connectivity index (χ1n) is 6.21. The van der Waals surface area contributed by atoms with Crippen molar-refractivity contribution in [2.24, 2.45) is 7.05 Å². The van der Waals surface area contributed by atoms with Crippen molar-refractivity contribution in [2.45, 2.75) is 11.4 Å². The molecule has 1 aliphatic heterocycles. The standard InChI is InChI=1S/C13H10ClN3O4S/c1-16-7-11(22(14,20)21)10(15-16)6-17-12(18)8-4-2-3-5-9(8)13(17)19/h2-5,7H,6H2,1H3. The Morgan fingerprint density at radius 3 is 2.18 bits per heavy atom. The highest BCUT2D eigenvalue weighted by atomic mass is 35.7. The number of carbonyl (C=O) groups is 2. The summed E-state index contributed by atoms with van der Waals surface area (Å²) in [6, 6.07) is 6.41. The van der Waals surface area contributed by atoms with E-state index in [1.165, 1.54) is 17.9 Å². The number of imide groups is 1. The zero-order valence-electron chi connectivity index (χ0n) is 11.4. The van der Waals surface area contributed by atoms with Crippen LogP contribution in [-0.2, 0) is 22.6 Å². The van der Waals surface area contributed by atoms with Crippen LogP contribution in [0.4, 0.5) is 0 Å². The number of hydrogen-bond donors (Lipinski definition) is 0. The molecule has 1 aromatic heterocycles. The second-order valence-corrected chi connectivity index (χ2v) is 7.33. The van der Waals surface area contributed by atoms with Gasteiger partial charge in [0.2, 0.25) is 0 Å². The molecule has 0 N–H and O–H groups in total. The predicted molar refractivity (Wildman–Crippen MR) is 76.9 cm³/mol. The van der Waals surface area contributed by atoms with E-state index in [1.807, 2.05) is 0 Å². The van der Waals surface area contributed by atoms with Gasteiger partial charge in [-0.15, -0.1) is 0 Å². The first kappa shape index (κ1) is 14.7. The summed E-state index contributed by atoms with van der Waals surface area (Å²) in [6.07, 6.45) is 1.23. The van der Waals surface area contributed by atoms with Crippen molar-refractivity contribution in [3.8, 4) is 0 Å². The van der Waals surface area contributed by atoms with Gasteiger partial charge >= 0.3 is 0 Å². The van der Waals surface area contributed by atoms with Crippen molar-refractivity contribution in [2.75, 3.05) is 0 Å². The van der Waals surface area contributed by atoms with E-state index in [1.54, 1.807) is 24.3 Å². The maximum atomic E-state index is 12.3. The van der Waals surface area contributed by atoms with E-state index >= 15 is 0 Å². The molecule has 1 aliphatic rings. The fourth-order valence-electron chi connectivity index (χ4n) is 2.36. The topological polar surface area (TPSA) is 89.3 Å². The Morgan fingerprint density at radius 1 is 1.14 bits per heavy atom. The third kappa shape index (κ3) is 2.30. The van der Waals surface area contributed by atoms with Gasteiger partial charge in [0.15, 0.2) is 0 Å². The molecule has 3 rings (SSSR count). The Labute approximate surface area is 130 Å². The molecular weight excluding hydrogens is 330 g/mol. The van der Waals surface area contributed by atoms with Crippen molar-refractivity contribution in [3.63, 3.8) is 0 Å². The monoisotopic (exact) mass is 339 g/mol. The molecule has 0 fully saturated rings. The van der Waals surface area contributed by atoms with E-state index < -0.39 is 20.9 Å². The number of amides is 2. The first-order valence-corrected chi connectivity index (χ1v) is 8.52. The van der Waals surface area contributed by atoms with E-state index in [-0.39, 0.29) is 17.1 Å². The minimum Gasteiger partial charge on any atom is -0.274 e. The number of aromatic nitrogens is 2. The lowest BCUT2D eigenvalue weighted by Gasteiger charge is -2.12. The van der Waals surface area contributed by atoms with Crippen molar-refractivity contribution in [3.05, 3.63) is 47.3 Å². The molecule has 0 unspecified atom stereocenters. The molecule has 0 atom stereocenters. The van der Waals surface area contributed by atoms with Gasteiger partial charge in [0.1, 0.15) is 10.6 Å². The Balaban J connectivity index is 2.00. The van der Waals surface area contributed by atoms with Crippen molar-refractivity contribution in [1.82, 2.24) is 14.7 Å². The van der Waals surface area contributed by atoms with Gasteiger partial charge in [-0.05, 0) is 12.1 Å². The number of halogens is 1. The minimum atomic E-state index is -4.02. The summed E-state index contributed by atoms with van der Waals surface area (Å²) in [5.41, 5.74) is 0.629. The Bertz CT molecular complexity index is 869. The number of rotatable bonds is 3. The first-order chi connectivity index (χ1) is 10.3. The lowest BCUT2D eigenvalue weighted by Crippen LogP contribution is -2.29. The van der Waals surface area contributed by atoms with Crippen LogP contribution in [0.25, 0.3) is 0 Å². The Kier molecular flexibility index (Phi) is 3.30. The third-order valence-corrected chi connectivity index (χ3v) is 4.68. The van der Waals surface area contributed by atoms with E-state index in [0.29, 0.717) is 11.1 Å². The van der Waals surface area contributed by atoms with Gasteiger partial charge in [-0.25, -0.2) is 8.42 Å². The van der Waals surface area contributed by atoms with Crippen LogP contribution in [0.1, 0.15) is 26.4 Å². The summed E-state index contributed by atoms with van der Waals surface area (Å²) in [4.78, 5) is 25.3. The van der Waals surface area contributed by atoms with Crippen LogP contribution in [0.2, 0.25) is 0 Å². The summed E-state index contributed by atoms with van der Waals surface area (Å²) >= 11 is 0. The highest BCUT2D eigenvalue weighted by Gasteiger charge is 2.36. The van der Waals surface area contributed by atoms with Crippen LogP contribution < -0.4 is 0 Å². The number of aryl methyl sites for hydroxylation is 1. The number of fused-ring (bicyclic) bond motifs is 1. The molecule has 1 aromatic carbocycles. The zero-order valence-corrected chi connectivity index (χ0v) is 12.9. The predicted octanol–water partition coefficient (Wildman–Crippen LogP) is 1.14. The smallest absolute Gasteiger partial charge is 0.264 e. The molecule has 2 aromatic rings. The lowest BCUT2D eigenvalue weighted by atomic mass is 10.1. The largest absolute Gasteiger partial charge is 0.274 e. The van der Waals surface area contributed by atoms with Crippen LogP contribution >= 0.6 is 10.7 Å². The van der Waals surface area contributed by atoms with Crippen molar-refractivity contribution < 1.29 is 18.0 Å². The molecular formula is C13H10ClN3O4S. The third-order valence-electron chi connectivity index (χ3n) is 3.32. The van der Waals surface area contributed by atoms with Crippen LogP contribution in [-0.4, -0.2) is 34.9 Å². The van der Waals surface area contributed by atoms with Crippen LogP contribution in [0.3, 0.4) is 0 Å². The molecule has 0 bridgehead atoms. The normalized spacial score (nSPS) is 14.5. The van der Waals surface area contributed by atoms with Gasteiger partial charge in [0.05, 0.1) is 17.7 Å². The SMILES string of the molecule is Cn1cc(S(=O)(=O)Cl)c(CN2C(=O)c3ccccc3C2=O)n1. The summed E-state index contributed by atoms with van der Waals surface area (Å²) in [7, 11) is 2.86.